The maximum absolute atomic E-state index is 12.9. The minimum atomic E-state index is -0.364. The first-order chi connectivity index (χ1) is 16.0. The molecule has 0 atom stereocenters. The van der Waals surface area contributed by atoms with Crippen molar-refractivity contribution in [2.75, 3.05) is 16.8 Å². The van der Waals surface area contributed by atoms with Crippen molar-refractivity contribution < 1.29 is 4.79 Å². The predicted octanol–water partition coefficient (Wildman–Crippen LogP) is 3.22. The van der Waals surface area contributed by atoms with Gasteiger partial charge in [0.1, 0.15) is 6.54 Å². The van der Waals surface area contributed by atoms with E-state index < -0.39 is 0 Å². The highest BCUT2D eigenvalue weighted by Crippen LogP contribution is 2.25. The molecule has 1 aliphatic heterocycles. The van der Waals surface area contributed by atoms with Crippen LogP contribution < -0.4 is 15.9 Å². The first-order valence-electron chi connectivity index (χ1n) is 11.2. The summed E-state index contributed by atoms with van der Waals surface area (Å²) >= 11 is 0. The zero-order valence-corrected chi connectivity index (χ0v) is 18.7. The maximum atomic E-state index is 12.9. The molecule has 0 saturated carbocycles. The van der Waals surface area contributed by atoms with Gasteiger partial charge in [-0.05, 0) is 41.2 Å². The highest BCUT2D eigenvalue weighted by molar-refractivity contribution is 5.90. The van der Waals surface area contributed by atoms with E-state index in [9.17, 15) is 9.59 Å². The third kappa shape index (κ3) is 4.11. The second-order valence-corrected chi connectivity index (χ2v) is 8.65. The first-order valence-corrected chi connectivity index (χ1v) is 11.2. The van der Waals surface area contributed by atoms with Crippen LogP contribution in [0.4, 0.5) is 11.5 Å². The monoisotopic (exact) mass is 442 g/mol. The van der Waals surface area contributed by atoms with Crippen LogP contribution in [-0.4, -0.2) is 31.6 Å². The Bertz CT molecular complexity index is 1390. The van der Waals surface area contributed by atoms with Crippen molar-refractivity contribution in [3.63, 3.8) is 0 Å². The summed E-state index contributed by atoms with van der Waals surface area (Å²) in [5, 5.41) is 7.35. The number of nitrogens with one attached hydrogen (secondary N) is 1. The second-order valence-electron chi connectivity index (χ2n) is 8.65. The molecular formula is C25H26N6O2. The molecule has 0 bridgehead atoms. The summed E-state index contributed by atoms with van der Waals surface area (Å²) in [6, 6.07) is 16.1. The summed E-state index contributed by atoms with van der Waals surface area (Å²) < 4.78 is 2.65. The van der Waals surface area contributed by atoms with Gasteiger partial charge in [-0.15, -0.1) is 5.10 Å². The quantitative estimate of drug-likeness (QED) is 0.513. The smallest absolute Gasteiger partial charge is 0.349 e. The summed E-state index contributed by atoms with van der Waals surface area (Å²) in [6.45, 7) is 5.52. The average molecular weight is 443 g/mol. The largest absolute Gasteiger partial charge is 0.350 e. The number of aromatic nitrogens is 4. The molecule has 8 nitrogen and oxygen atoms in total. The molecule has 1 aliphatic rings. The molecule has 33 heavy (non-hydrogen) atoms. The summed E-state index contributed by atoms with van der Waals surface area (Å²) in [5.41, 5.74) is 4.52. The zero-order chi connectivity index (χ0) is 22.9. The van der Waals surface area contributed by atoms with Crippen molar-refractivity contribution in [2.45, 2.75) is 39.3 Å². The molecule has 2 aromatic heterocycles. The van der Waals surface area contributed by atoms with Crippen molar-refractivity contribution in [1.82, 2.24) is 19.2 Å². The van der Waals surface area contributed by atoms with E-state index in [-0.39, 0.29) is 18.1 Å². The maximum Gasteiger partial charge on any atom is 0.350 e. The Morgan fingerprint density at radius 1 is 1.12 bits per heavy atom. The third-order valence-electron chi connectivity index (χ3n) is 6.04. The molecule has 0 fully saturated rings. The van der Waals surface area contributed by atoms with E-state index in [0.717, 1.165) is 18.5 Å². The van der Waals surface area contributed by atoms with Crippen LogP contribution in [0, 0.1) is 0 Å². The molecule has 5 rings (SSSR count). The number of carbonyl (C=O) groups is 1. The molecule has 2 aromatic carbocycles. The zero-order valence-electron chi connectivity index (χ0n) is 18.7. The summed E-state index contributed by atoms with van der Waals surface area (Å²) in [6.07, 6.45) is 4.10. The average Bonchev–Trinajstić information content (AvgIpc) is 3.14. The summed E-state index contributed by atoms with van der Waals surface area (Å²) in [5.74, 6) is 0.700. The SMILES string of the molecule is CC(C)c1cccc(NC(=O)Cn2nc3c(N4CCc5ccccc5C4)nccn3c2=O)c1. The van der Waals surface area contributed by atoms with Gasteiger partial charge in [-0.2, -0.15) is 0 Å². The lowest BCUT2D eigenvalue weighted by molar-refractivity contribution is -0.117. The van der Waals surface area contributed by atoms with Crippen LogP contribution in [0.25, 0.3) is 5.65 Å². The standard InChI is InChI=1S/C25H26N6O2/c1-17(2)19-8-5-9-21(14-19)27-22(32)16-31-25(33)30-13-11-26-23(24(30)28-31)29-12-10-18-6-3-4-7-20(18)15-29/h3-9,11,13-14,17H,10,12,15-16H2,1-2H3,(H,27,32). The van der Waals surface area contributed by atoms with Crippen LogP contribution in [0.1, 0.15) is 36.5 Å². The number of hydrogen-bond acceptors (Lipinski definition) is 5. The number of carbonyl (C=O) groups excluding carboxylic acids is 1. The lowest BCUT2D eigenvalue weighted by Gasteiger charge is -2.29. The van der Waals surface area contributed by atoms with E-state index in [1.165, 1.54) is 20.2 Å². The van der Waals surface area contributed by atoms with E-state index in [4.69, 9.17) is 0 Å². The Morgan fingerprint density at radius 3 is 2.76 bits per heavy atom. The number of fused-ring (bicyclic) bond motifs is 2. The molecule has 8 heteroatoms. The second kappa shape index (κ2) is 8.54. The van der Waals surface area contributed by atoms with Crippen LogP contribution in [0.15, 0.2) is 65.7 Å². The third-order valence-corrected chi connectivity index (χ3v) is 6.04. The Balaban J connectivity index is 1.39. The number of amides is 1. The lowest BCUT2D eigenvalue weighted by Crippen LogP contribution is -2.31. The molecular weight excluding hydrogens is 416 g/mol. The van der Waals surface area contributed by atoms with Gasteiger partial charge in [0.15, 0.2) is 5.82 Å². The van der Waals surface area contributed by atoms with E-state index in [1.807, 2.05) is 30.3 Å². The van der Waals surface area contributed by atoms with Crippen molar-refractivity contribution in [1.29, 1.82) is 0 Å². The van der Waals surface area contributed by atoms with Crippen LogP contribution in [0.2, 0.25) is 0 Å². The number of hydrogen-bond donors (Lipinski definition) is 1. The van der Waals surface area contributed by atoms with Gasteiger partial charge in [0.25, 0.3) is 0 Å². The molecule has 168 valence electrons. The number of rotatable bonds is 5. The van der Waals surface area contributed by atoms with E-state index in [2.05, 4.69) is 52.3 Å². The van der Waals surface area contributed by atoms with Crippen molar-refractivity contribution in [3.05, 3.63) is 88.1 Å². The molecule has 1 N–H and O–H groups in total. The van der Waals surface area contributed by atoms with Crippen LogP contribution in [0.5, 0.6) is 0 Å². The van der Waals surface area contributed by atoms with Crippen molar-refractivity contribution >= 4 is 23.1 Å². The van der Waals surface area contributed by atoms with Gasteiger partial charge in [-0.3, -0.25) is 4.79 Å². The highest BCUT2D eigenvalue weighted by atomic mass is 16.2. The van der Waals surface area contributed by atoms with Gasteiger partial charge >= 0.3 is 5.69 Å². The van der Waals surface area contributed by atoms with Gasteiger partial charge in [0, 0.05) is 31.2 Å². The molecule has 0 saturated heterocycles. The van der Waals surface area contributed by atoms with Crippen LogP contribution in [-0.2, 0) is 24.3 Å². The van der Waals surface area contributed by atoms with Gasteiger partial charge in [0.05, 0.1) is 0 Å². The normalized spacial score (nSPS) is 13.4. The fourth-order valence-corrected chi connectivity index (χ4v) is 4.25. The molecule has 0 unspecified atom stereocenters. The molecule has 4 aromatic rings. The van der Waals surface area contributed by atoms with E-state index in [0.29, 0.717) is 29.6 Å². The Hall–Kier alpha value is -3.94. The van der Waals surface area contributed by atoms with Gasteiger partial charge in [-0.1, -0.05) is 50.2 Å². The fraction of sp³-hybridized carbons (Fsp3) is 0.280. The Labute approximate surface area is 191 Å². The minimum Gasteiger partial charge on any atom is -0.349 e. The van der Waals surface area contributed by atoms with Crippen LogP contribution >= 0.6 is 0 Å². The van der Waals surface area contributed by atoms with Gasteiger partial charge in [-0.25, -0.2) is 18.9 Å². The molecule has 0 radical (unpaired) electrons. The van der Waals surface area contributed by atoms with Gasteiger partial charge in [0.2, 0.25) is 11.6 Å². The number of nitrogens with zero attached hydrogens (tertiary/aromatic N) is 5. The predicted molar refractivity (Wildman–Crippen MR) is 128 cm³/mol. The summed E-state index contributed by atoms with van der Waals surface area (Å²) in [4.78, 5) is 32.3. The first kappa shape index (κ1) is 20.9. The summed E-state index contributed by atoms with van der Waals surface area (Å²) in [7, 11) is 0. The van der Waals surface area contributed by atoms with Gasteiger partial charge < -0.3 is 10.2 Å². The highest BCUT2D eigenvalue weighted by Gasteiger charge is 2.22. The molecule has 3 heterocycles. The van der Waals surface area contributed by atoms with Crippen molar-refractivity contribution in [3.8, 4) is 0 Å². The minimum absolute atomic E-state index is 0.172. The Morgan fingerprint density at radius 2 is 1.94 bits per heavy atom. The lowest BCUT2D eigenvalue weighted by atomic mass is 10.00. The Kier molecular flexibility index (Phi) is 5.42. The van der Waals surface area contributed by atoms with Crippen molar-refractivity contribution in [2.24, 2.45) is 0 Å². The molecule has 0 aliphatic carbocycles. The number of anilines is 2. The van der Waals surface area contributed by atoms with Crippen LogP contribution in [0.3, 0.4) is 0 Å². The molecule has 0 spiro atoms. The molecule has 1 amide bonds. The van der Waals surface area contributed by atoms with E-state index >= 15 is 0 Å². The topological polar surface area (TPSA) is 84.5 Å². The number of benzene rings is 2. The fourth-order valence-electron chi connectivity index (χ4n) is 4.25. The van der Waals surface area contributed by atoms with E-state index in [1.54, 1.807) is 12.4 Å².